The number of hydrogen-bond donors (Lipinski definition) is 2. The van der Waals surface area contributed by atoms with Crippen LogP contribution < -0.4 is 20.2 Å². The molecule has 0 aliphatic rings. The van der Waals surface area contributed by atoms with Crippen LogP contribution >= 0.6 is 11.6 Å². The molecule has 0 saturated heterocycles. The van der Waals surface area contributed by atoms with E-state index < -0.39 is 6.03 Å². The Hall–Kier alpha value is -2.73. The normalized spacial score (nSPS) is 10.7. The zero-order valence-electron chi connectivity index (χ0n) is 16.2. The third kappa shape index (κ3) is 7.48. The van der Waals surface area contributed by atoms with Gasteiger partial charge in [-0.1, -0.05) is 31.4 Å². The molecular weight excluding hydrogens is 378 g/mol. The molecular formula is C21H26ClN3O3. The third-order valence-corrected chi connectivity index (χ3v) is 4.01. The molecule has 0 aromatic heterocycles. The molecule has 2 aromatic carbocycles. The van der Waals surface area contributed by atoms with E-state index in [0.717, 1.165) is 24.8 Å². The largest absolute Gasteiger partial charge is 0.490 e. The molecule has 2 amide bonds. The van der Waals surface area contributed by atoms with Gasteiger partial charge >= 0.3 is 6.03 Å². The molecule has 150 valence electrons. The van der Waals surface area contributed by atoms with Gasteiger partial charge in [-0.3, -0.25) is 0 Å². The quantitative estimate of drug-likeness (QED) is 0.314. The fourth-order valence-electron chi connectivity index (χ4n) is 2.38. The minimum Gasteiger partial charge on any atom is -0.490 e. The predicted molar refractivity (Wildman–Crippen MR) is 114 cm³/mol. The maximum absolute atomic E-state index is 11.9. The highest BCUT2D eigenvalue weighted by Gasteiger charge is 2.06. The fourth-order valence-corrected chi connectivity index (χ4v) is 2.51. The number of halogens is 1. The summed E-state index contributed by atoms with van der Waals surface area (Å²) < 4.78 is 11.5. The molecule has 0 radical (unpaired) electrons. The van der Waals surface area contributed by atoms with Crippen LogP contribution in [0.1, 0.15) is 38.7 Å². The lowest BCUT2D eigenvalue weighted by Crippen LogP contribution is -2.24. The lowest BCUT2D eigenvalue weighted by Gasteiger charge is -2.12. The highest BCUT2D eigenvalue weighted by Crippen LogP contribution is 2.28. The first-order valence-corrected chi connectivity index (χ1v) is 9.75. The van der Waals surface area contributed by atoms with E-state index in [9.17, 15) is 4.79 Å². The van der Waals surface area contributed by atoms with E-state index in [1.165, 1.54) is 0 Å². The van der Waals surface area contributed by atoms with Crippen molar-refractivity contribution in [3.05, 3.63) is 53.1 Å². The number of carbonyl (C=O) groups excluding carboxylic acids is 1. The Morgan fingerprint density at radius 1 is 1.07 bits per heavy atom. The van der Waals surface area contributed by atoms with Gasteiger partial charge in [0.2, 0.25) is 0 Å². The third-order valence-electron chi connectivity index (χ3n) is 3.75. The maximum Gasteiger partial charge on any atom is 0.339 e. The molecule has 2 N–H and O–H groups in total. The summed E-state index contributed by atoms with van der Waals surface area (Å²) in [5, 5.41) is 7.23. The first-order chi connectivity index (χ1) is 13.6. The summed E-state index contributed by atoms with van der Waals surface area (Å²) in [7, 11) is 0. The van der Waals surface area contributed by atoms with Crippen LogP contribution in [0.4, 0.5) is 10.5 Å². The molecule has 2 aromatic rings. The number of benzene rings is 2. The van der Waals surface area contributed by atoms with E-state index in [0.29, 0.717) is 35.4 Å². The lowest BCUT2D eigenvalue weighted by molar-refractivity contribution is 0.252. The zero-order chi connectivity index (χ0) is 20.2. The molecule has 6 nitrogen and oxygen atoms in total. The molecule has 0 aliphatic heterocycles. The first-order valence-electron chi connectivity index (χ1n) is 9.37. The van der Waals surface area contributed by atoms with Crippen LogP contribution in [0.5, 0.6) is 11.5 Å². The molecule has 0 fully saturated rings. The monoisotopic (exact) mass is 403 g/mol. The van der Waals surface area contributed by atoms with Crippen molar-refractivity contribution in [1.29, 1.82) is 0 Å². The van der Waals surface area contributed by atoms with Crippen molar-refractivity contribution >= 4 is 29.5 Å². The zero-order valence-corrected chi connectivity index (χ0v) is 17.0. The summed E-state index contributed by atoms with van der Waals surface area (Å²) in [5.74, 6) is 1.37. The van der Waals surface area contributed by atoms with Crippen LogP contribution in [-0.4, -0.2) is 25.5 Å². The van der Waals surface area contributed by atoms with Crippen LogP contribution in [0, 0.1) is 0 Å². The molecule has 0 saturated carbocycles. The molecule has 0 bridgehead atoms. The predicted octanol–water partition coefficient (Wildman–Crippen LogP) is 5.46. The van der Waals surface area contributed by atoms with Gasteiger partial charge < -0.3 is 14.8 Å². The second-order valence-corrected chi connectivity index (χ2v) is 6.46. The number of nitrogens with one attached hydrogen (secondary N) is 2. The average molecular weight is 404 g/mol. The number of carbonyl (C=O) groups is 1. The van der Waals surface area contributed by atoms with Crippen molar-refractivity contribution in [2.45, 2.75) is 33.1 Å². The van der Waals surface area contributed by atoms with Crippen molar-refractivity contribution in [3.63, 3.8) is 0 Å². The highest BCUT2D eigenvalue weighted by atomic mass is 35.5. The highest BCUT2D eigenvalue weighted by molar-refractivity contribution is 6.30. The van der Waals surface area contributed by atoms with Crippen molar-refractivity contribution in [1.82, 2.24) is 5.43 Å². The van der Waals surface area contributed by atoms with E-state index >= 15 is 0 Å². The van der Waals surface area contributed by atoms with E-state index in [1.807, 2.05) is 25.1 Å². The molecule has 0 atom stereocenters. The minimum atomic E-state index is -0.445. The topological polar surface area (TPSA) is 72.0 Å². The van der Waals surface area contributed by atoms with Gasteiger partial charge in [-0.2, -0.15) is 5.10 Å². The van der Waals surface area contributed by atoms with E-state index in [1.54, 1.807) is 30.5 Å². The molecule has 0 heterocycles. The molecule has 28 heavy (non-hydrogen) atoms. The summed E-state index contributed by atoms with van der Waals surface area (Å²) in [6, 6.07) is 11.9. The number of nitrogens with zero attached hydrogens (tertiary/aromatic N) is 1. The van der Waals surface area contributed by atoms with Gasteiger partial charge in [0.05, 0.1) is 19.4 Å². The van der Waals surface area contributed by atoms with Gasteiger partial charge in [-0.15, -0.1) is 0 Å². The molecule has 2 rings (SSSR count). The van der Waals surface area contributed by atoms with E-state index in [4.69, 9.17) is 21.1 Å². The van der Waals surface area contributed by atoms with Crippen LogP contribution in [0.25, 0.3) is 0 Å². The summed E-state index contributed by atoms with van der Waals surface area (Å²) in [5.41, 5.74) is 3.84. The van der Waals surface area contributed by atoms with Crippen molar-refractivity contribution < 1.29 is 14.3 Å². The standard InChI is InChI=1S/C21H26ClN3O3/c1-3-5-6-13-28-19-12-7-16(14-20(19)27-4-2)15-23-25-21(26)24-18-10-8-17(22)9-11-18/h7-12,14-15H,3-6,13H2,1-2H3,(H2,24,25,26)/b23-15-. The Morgan fingerprint density at radius 2 is 1.86 bits per heavy atom. The Labute approximate surface area is 170 Å². The second kappa shape index (κ2) is 11.9. The maximum atomic E-state index is 11.9. The Balaban J connectivity index is 1.91. The number of urea groups is 1. The average Bonchev–Trinajstić information content (AvgIpc) is 2.68. The summed E-state index contributed by atoms with van der Waals surface area (Å²) in [6.07, 6.45) is 4.84. The SMILES string of the molecule is CCCCCOc1ccc(/C=N\NC(=O)Nc2ccc(Cl)cc2)cc1OCC. The number of unbranched alkanes of at least 4 members (excludes halogenated alkanes) is 2. The van der Waals surface area contributed by atoms with Gasteiger partial charge in [0.1, 0.15) is 0 Å². The van der Waals surface area contributed by atoms with Crippen LogP contribution in [0.3, 0.4) is 0 Å². The lowest BCUT2D eigenvalue weighted by atomic mass is 10.2. The van der Waals surface area contributed by atoms with Crippen molar-refractivity contribution in [2.24, 2.45) is 5.10 Å². The fraction of sp³-hybridized carbons (Fsp3) is 0.333. The Bertz CT molecular complexity index is 779. The van der Waals surface area contributed by atoms with Crippen molar-refractivity contribution in [2.75, 3.05) is 18.5 Å². The number of rotatable bonds is 10. The van der Waals surface area contributed by atoms with Gasteiger partial charge in [0.25, 0.3) is 0 Å². The van der Waals surface area contributed by atoms with Crippen LogP contribution in [0.15, 0.2) is 47.6 Å². The Morgan fingerprint density at radius 3 is 2.57 bits per heavy atom. The molecule has 0 unspecified atom stereocenters. The van der Waals surface area contributed by atoms with Crippen molar-refractivity contribution in [3.8, 4) is 11.5 Å². The van der Waals surface area contributed by atoms with Crippen LogP contribution in [-0.2, 0) is 0 Å². The number of hydrogen-bond acceptors (Lipinski definition) is 4. The number of amides is 2. The summed E-state index contributed by atoms with van der Waals surface area (Å²) >= 11 is 5.82. The van der Waals surface area contributed by atoms with E-state index in [2.05, 4.69) is 22.8 Å². The van der Waals surface area contributed by atoms with E-state index in [-0.39, 0.29) is 0 Å². The smallest absolute Gasteiger partial charge is 0.339 e. The molecule has 7 heteroatoms. The number of hydrazone groups is 1. The number of anilines is 1. The molecule has 0 aliphatic carbocycles. The minimum absolute atomic E-state index is 0.445. The first kappa shape index (κ1) is 21.6. The van der Waals surface area contributed by atoms with Gasteiger partial charge in [0, 0.05) is 10.7 Å². The van der Waals surface area contributed by atoms with Crippen LogP contribution in [0.2, 0.25) is 5.02 Å². The van der Waals surface area contributed by atoms with Gasteiger partial charge in [0.15, 0.2) is 11.5 Å². The summed E-state index contributed by atoms with van der Waals surface area (Å²) in [4.78, 5) is 11.9. The number of ether oxygens (including phenoxy) is 2. The van der Waals surface area contributed by atoms with Gasteiger partial charge in [-0.05, 0) is 61.4 Å². The summed E-state index contributed by atoms with van der Waals surface area (Å²) in [6.45, 7) is 5.27. The molecule has 0 spiro atoms. The second-order valence-electron chi connectivity index (χ2n) is 6.03. The Kier molecular flexibility index (Phi) is 9.15. The van der Waals surface area contributed by atoms with Gasteiger partial charge in [-0.25, -0.2) is 10.2 Å².